The molecule has 7 heteroatoms. The van der Waals surface area contributed by atoms with Gasteiger partial charge in [0.15, 0.2) is 0 Å². The highest BCUT2D eigenvalue weighted by molar-refractivity contribution is 5.98. The van der Waals surface area contributed by atoms with Gasteiger partial charge in [-0.1, -0.05) is 0 Å². The van der Waals surface area contributed by atoms with E-state index in [1.54, 1.807) is 0 Å². The predicted octanol–water partition coefficient (Wildman–Crippen LogP) is 2.78. The predicted molar refractivity (Wildman–Crippen MR) is 67.8 cm³/mol. The van der Waals surface area contributed by atoms with Crippen LogP contribution in [0.3, 0.4) is 0 Å². The van der Waals surface area contributed by atoms with E-state index in [4.69, 9.17) is 0 Å². The van der Waals surface area contributed by atoms with Crippen molar-refractivity contribution >= 4 is 11.9 Å². The zero-order valence-corrected chi connectivity index (χ0v) is 11.3. The molecule has 0 saturated carbocycles. The van der Waals surface area contributed by atoms with Gasteiger partial charge < -0.3 is 10.0 Å². The molecule has 4 nitrogen and oxygen atoms in total. The molecular formula is C14H14F3NO3. The second-order valence-corrected chi connectivity index (χ2v) is 5.21. The summed E-state index contributed by atoms with van der Waals surface area (Å²) in [6.45, 7) is 1.73. The molecule has 1 heterocycles. The quantitative estimate of drug-likeness (QED) is 0.914. The fraction of sp³-hybridized carbons (Fsp3) is 0.429. The highest BCUT2D eigenvalue weighted by Gasteiger charge is 2.46. The third-order valence-corrected chi connectivity index (χ3v) is 3.81. The fourth-order valence-corrected chi connectivity index (χ4v) is 2.47. The van der Waals surface area contributed by atoms with Crippen LogP contribution in [0, 0.1) is 0 Å². The van der Waals surface area contributed by atoms with Crippen LogP contribution in [0.15, 0.2) is 24.3 Å². The van der Waals surface area contributed by atoms with Crippen LogP contribution >= 0.6 is 0 Å². The number of rotatable bonds is 2. The Labute approximate surface area is 119 Å². The standard InChI is InChI=1S/C14H14F3NO3/c1-13(12(20)21)7-2-8-18(13)11(19)9-3-5-10(6-4-9)14(15,16)17/h3-6H,2,7-8H2,1H3,(H,20,21). The Balaban J connectivity index is 2.26. The molecule has 0 aliphatic carbocycles. The number of carbonyl (C=O) groups is 2. The van der Waals surface area contributed by atoms with Gasteiger partial charge in [0.1, 0.15) is 5.54 Å². The number of hydrogen-bond acceptors (Lipinski definition) is 2. The summed E-state index contributed by atoms with van der Waals surface area (Å²) in [7, 11) is 0. The molecule has 114 valence electrons. The summed E-state index contributed by atoms with van der Waals surface area (Å²) in [4.78, 5) is 24.8. The van der Waals surface area contributed by atoms with Crippen LogP contribution in [0.2, 0.25) is 0 Å². The molecule has 1 aliphatic heterocycles. The summed E-state index contributed by atoms with van der Waals surface area (Å²) >= 11 is 0. The number of aliphatic carboxylic acids is 1. The van der Waals surface area contributed by atoms with Gasteiger partial charge in [-0.25, -0.2) is 4.79 Å². The van der Waals surface area contributed by atoms with Gasteiger partial charge in [0, 0.05) is 12.1 Å². The van der Waals surface area contributed by atoms with Gasteiger partial charge in [0.2, 0.25) is 0 Å². The lowest BCUT2D eigenvalue weighted by molar-refractivity contribution is -0.147. The Hall–Kier alpha value is -2.05. The second-order valence-electron chi connectivity index (χ2n) is 5.21. The number of halogens is 3. The number of alkyl halides is 3. The first-order chi connectivity index (χ1) is 9.66. The van der Waals surface area contributed by atoms with E-state index in [1.807, 2.05) is 0 Å². The SMILES string of the molecule is CC1(C(=O)O)CCCN1C(=O)c1ccc(C(F)(F)F)cc1. The first-order valence-corrected chi connectivity index (χ1v) is 6.39. The summed E-state index contributed by atoms with van der Waals surface area (Å²) in [5.41, 5.74) is -2.10. The average molecular weight is 301 g/mol. The van der Waals surface area contributed by atoms with E-state index in [9.17, 15) is 27.9 Å². The molecule has 1 unspecified atom stereocenters. The molecule has 1 aromatic rings. The highest BCUT2D eigenvalue weighted by atomic mass is 19.4. The Morgan fingerprint density at radius 3 is 2.29 bits per heavy atom. The van der Waals surface area contributed by atoms with Gasteiger partial charge in [-0.15, -0.1) is 0 Å². The smallest absolute Gasteiger partial charge is 0.416 e. The molecule has 1 atom stereocenters. The van der Waals surface area contributed by atoms with E-state index in [0.717, 1.165) is 24.3 Å². The first kappa shape index (κ1) is 15.3. The minimum atomic E-state index is -4.47. The molecule has 0 aromatic heterocycles. The number of carboxylic acids is 1. The van der Waals surface area contributed by atoms with Gasteiger partial charge in [-0.2, -0.15) is 13.2 Å². The van der Waals surface area contributed by atoms with Gasteiger partial charge >= 0.3 is 12.1 Å². The largest absolute Gasteiger partial charge is 0.480 e. The van der Waals surface area contributed by atoms with Crippen molar-refractivity contribution in [2.45, 2.75) is 31.5 Å². The fourth-order valence-electron chi connectivity index (χ4n) is 2.47. The molecule has 1 aliphatic rings. The lowest BCUT2D eigenvalue weighted by Gasteiger charge is -2.31. The van der Waals surface area contributed by atoms with Crippen molar-refractivity contribution in [3.8, 4) is 0 Å². The summed E-state index contributed by atoms with van der Waals surface area (Å²) in [5, 5.41) is 9.25. The molecule has 0 bridgehead atoms. The van der Waals surface area contributed by atoms with Crippen molar-refractivity contribution in [1.29, 1.82) is 0 Å². The molecule has 21 heavy (non-hydrogen) atoms. The van der Waals surface area contributed by atoms with E-state index < -0.39 is 29.2 Å². The molecule has 1 N–H and O–H groups in total. The van der Waals surface area contributed by atoms with Crippen LogP contribution in [-0.4, -0.2) is 34.0 Å². The Kier molecular flexibility index (Phi) is 3.69. The van der Waals surface area contributed by atoms with Crippen molar-refractivity contribution < 1.29 is 27.9 Å². The average Bonchev–Trinajstić information content (AvgIpc) is 2.80. The summed E-state index contributed by atoms with van der Waals surface area (Å²) in [5.74, 6) is -1.67. The van der Waals surface area contributed by atoms with Crippen molar-refractivity contribution in [3.05, 3.63) is 35.4 Å². The Bertz CT molecular complexity index is 568. The number of benzene rings is 1. The molecule has 0 spiro atoms. The molecule has 1 saturated heterocycles. The van der Waals surface area contributed by atoms with Crippen LogP contribution in [-0.2, 0) is 11.0 Å². The van der Waals surface area contributed by atoms with Gasteiger partial charge in [0.25, 0.3) is 5.91 Å². The molecule has 2 rings (SSSR count). The minimum Gasteiger partial charge on any atom is -0.480 e. The maximum atomic E-state index is 12.5. The van der Waals surface area contributed by atoms with E-state index in [2.05, 4.69) is 0 Å². The van der Waals surface area contributed by atoms with Crippen LogP contribution in [0.5, 0.6) is 0 Å². The lowest BCUT2D eigenvalue weighted by Crippen LogP contribution is -2.50. The highest BCUT2D eigenvalue weighted by Crippen LogP contribution is 2.32. The van der Waals surface area contributed by atoms with E-state index in [0.29, 0.717) is 12.8 Å². The Morgan fingerprint density at radius 2 is 1.81 bits per heavy atom. The zero-order chi connectivity index (χ0) is 15.8. The Morgan fingerprint density at radius 1 is 1.24 bits per heavy atom. The number of carboxylic acid groups (broad SMARTS) is 1. The number of carbonyl (C=O) groups excluding carboxylic acids is 1. The summed E-state index contributed by atoms with van der Waals surface area (Å²) in [6, 6.07) is 3.79. The molecule has 1 amide bonds. The monoisotopic (exact) mass is 301 g/mol. The topological polar surface area (TPSA) is 57.6 Å². The minimum absolute atomic E-state index is 0.0531. The number of hydrogen-bond donors (Lipinski definition) is 1. The molecule has 0 radical (unpaired) electrons. The number of amides is 1. The van der Waals surface area contributed by atoms with Gasteiger partial charge in [-0.3, -0.25) is 4.79 Å². The van der Waals surface area contributed by atoms with E-state index >= 15 is 0 Å². The molecular weight excluding hydrogens is 287 g/mol. The van der Waals surface area contributed by atoms with Crippen molar-refractivity contribution in [3.63, 3.8) is 0 Å². The number of nitrogens with zero attached hydrogens (tertiary/aromatic N) is 1. The van der Waals surface area contributed by atoms with E-state index in [1.165, 1.54) is 11.8 Å². The van der Waals surface area contributed by atoms with E-state index in [-0.39, 0.29) is 12.1 Å². The normalized spacial score (nSPS) is 22.4. The summed E-state index contributed by atoms with van der Waals surface area (Å²) < 4.78 is 37.4. The third kappa shape index (κ3) is 2.72. The van der Waals surface area contributed by atoms with Crippen LogP contribution in [0.4, 0.5) is 13.2 Å². The van der Waals surface area contributed by atoms with Crippen molar-refractivity contribution in [2.75, 3.05) is 6.54 Å². The van der Waals surface area contributed by atoms with Crippen molar-refractivity contribution in [2.24, 2.45) is 0 Å². The van der Waals surface area contributed by atoms with Gasteiger partial charge in [0.05, 0.1) is 5.56 Å². The van der Waals surface area contributed by atoms with Crippen LogP contribution < -0.4 is 0 Å². The van der Waals surface area contributed by atoms with Gasteiger partial charge in [-0.05, 0) is 44.0 Å². The maximum Gasteiger partial charge on any atom is 0.416 e. The summed E-state index contributed by atoms with van der Waals surface area (Å²) in [6.07, 6.45) is -3.59. The molecule has 1 aromatic carbocycles. The molecule has 1 fully saturated rings. The van der Waals surface area contributed by atoms with Crippen molar-refractivity contribution in [1.82, 2.24) is 4.90 Å². The first-order valence-electron chi connectivity index (χ1n) is 6.39. The van der Waals surface area contributed by atoms with Crippen LogP contribution in [0.1, 0.15) is 35.7 Å². The third-order valence-electron chi connectivity index (χ3n) is 3.81. The zero-order valence-electron chi connectivity index (χ0n) is 11.3. The maximum absolute atomic E-state index is 12.5. The lowest BCUT2D eigenvalue weighted by atomic mass is 9.98. The number of likely N-dealkylation sites (tertiary alicyclic amines) is 1. The van der Waals surface area contributed by atoms with Crippen LogP contribution in [0.25, 0.3) is 0 Å². The second kappa shape index (κ2) is 5.05.